The van der Waals surface area contributed by atoms with Crippen molar-refractivity contribution >= 4 is 38.1 Å². The standard InChI is InChI=1S/C18H25N5O3S2/c1-14-4-5-15(12-16(14)28(25,26)21(2)3)20-17(24)13-22-7-9-23(10-8-22)18-19-6-11-27-18/h4-6,11-12H,7-10,13H2,1-3H3,(H,20,24). The lowest BCUT2D eigenvalue weighted by atomic mass is 10.2. The summed E-state index contributed by atoms with van der Waals surface area (Å²) in [5, 5.41) is 5.79. The van der Waals surface area contributed by atoms with Crippen molar-refractivity contribution in [2.45, 2.75) is 11.8 Å². The van der Waals surface area contributed by atoms with Crippen LogP contribution in [-0.4, -0.2) is 75.3 Å². The Labute approximate surface area is 169 Å². The monoisotopic (exact) mass is 423 g/mol. The molecule has 10 heteroatoms. The second-order valence-electron chi connectivity index (χ2n) is 6.89. The third-order valence-corrected chi connectivity index (χ3v) is 7.45. The number of piperazine rings is 1. The average Bonchev–Trinajstić information content (AvgIpc) is 3.18. The number of rotatable bonds is 6. The van der Waals surface area contributed by atoms with Crippen LogP contribution in [0.2, 0.25) is 0 Å². The van der Waals surface area contributed by atoms with Crippen LogP contribution in [0.3, 0.4) is 0 Å². The minimum Gasteiger partial charge on any atom is -0.346 e. The number of sulfonamides is 1. The van der Waals surface area contributed by atoms with E-state index in [1.165, 1.54) is 24.5 Å². The molecule has 0 spiro atoms. The average molecular weight is 424 g/mol. The van der Waals surface area contributed by atoms with Gasteiger partial charge < -0.3 is 10.2 Å². The highest BCUT2D eigenvalue weighted by Gasteiger charge is 2.22. The molecule has 152 valence electrons. The number of benzene rings is 1. The van der Waals surface area contributed by atoms with Gasteiger partial charge in [-0.25, -0.2) is 17.7 Å². The van der Waals surface area contributed by atoms with Gasteiger partial charge in [-0.15, -0.1) is 11.3 Å². The number of nitrogens with one attached hydrogen (secondary N) is 1. The van der Waals surface area contributed by atoms with E-state index in [4.69, 9.17) is 0 Å². The number of aryl methyl sites for hydroxylation is 1. The summed E-state index contributed by atoms with van der Waals surface area (Å²) in [7, 11) is -0.577. The first-order valence-electron chi connectivity index (χ1n) is 8.97. The number of nitrogens with zero attached hydrogens (tertiary/aromatic N) is 4. The second kappa shape index (κ2) is 8.56. The van der Waals surface area contributed by atoms with Gasteiger partial charge in [0.05, 0.1) is 11.4 Å². The van der Waals surface area contributed by atoms with Gasteiger partial charge in [0.25, 0.3) is 0 Å². The fourth-order valence-corrected chi connectivity index (χ4v) is 4.87. The van der Waals surface area contributed by atoms with Crippen LogP contribution in [0.1, 0.15) is 5.56 Å². The van der Waals surface area contributed by atoms with Crippen molar-refractivity contribution in [2.24, 2.45) is 0 Å². The van der Waals surface area contributed by atoms with E-state index in [0.29, 0.717) is 11.3 Å². The van der Waals surface area contributed by atoms with E-state index in [0.717, 1.165) is 31.3 Å². The summed E-state index contributed by atoms with van der Waals surface area (Å²) >= 11 is 1.62. The van der Waals surface area contributed by atoms with Gasteiger partial charge in [-0.2, -0.15) is 0 Å². The van der Waals surface area contributed by atoms with Gasteiger partial charge in [-0.05, 0) is 24.6 Å². The molecule has 0 unspecified atom stereocenters. The minimum absolute atomic E-state index is 0.153. The first-order valence-corrected chi connectivity index (χ1v) is 11.3. The van der Waals surface area contributed by atoms with Gasteiger partial charge in [0.1, 0.15) is 0 Å². The lowest BCUT2D eigenvalue weighted by molar-refractivity contribution is -0.117. The smallest absolute Gasteiger partial charge is 0.242 e. The molecule has 3 rings (SSSR count). The molecule has 0 bridgehead atoms. The zero-order valence-electron chi connectivity index (χ0n) is 16.3. The van der Waals surface area contributed by atoms with E-state index in [1.54, 1.807) is 36.6 Å². The molecule has 1 amide bonds. The third-order valence-electron chi connectivity index (χ3n) is 4.66. The molecular weight excluding hydrogens is 398 g/mol. The number of aromatic nitrogens is 1. The molecule has 1 aliphatic rings. The maximum atomic E-state index is 12.4. The van der Waals surface area contributed by atoms with Crippen molar-refractivity contribution < 1.29 is 13.2 Å². The normalized spacial score (nSPS) is 15.8. The van der Waals surface area contributed by atoms with Crippen LogP contribution in [0.15, 0.2) is 34.7 Å². The Bertz CT molecular complexity index is 921. The van der Waals surface area contributed by atoms with Crippen molar-refractivity contribution in [1.29, 1.82) is 0 Å². The second-order valence-corrected chi connectivity index (χ2v) is 9.89. The molecule has 1 saturated heterocycles. The molecule has 0 aliphatic carbocycles. The van der Waals surface area contributed by atoms with Gasteiger partial charge >= 0.3 is 0 Å². The number of amides is 1. The summed E-state index contributed by atoms with van der Waals surface area (Å²) < 4.78 is 26.0. The van der Waals surface area contributed by atoms with Gasteiger partial charge in [0.2, 0.25) is 15.9 Å². The molecule has 0 radical (unpaired) electrons. The molecule has 28 heavy (non-hydrogen) atoms. The van der Waals surface area contributed by atoms with Crippen molar-refractivity contribution in [3.05, 3.63) is 35.3 Å². The van der Waals surface area contributed by atoms with E-state index < -0.39 is 10.0 Å². The van der Waals surface area contributed by atoms with Gasteiger partial charge in [0.15, 0.2) is 5.13 Å². The zero-order valence-corrected chi connectivity index (χ0v) is 17.9. The number of hydrogen-bond acceptors (Lipinski definition) is 7. The Morgan fingerprint density at radius 1 is 1.25 bits per heavy atom. The summed E-state index contributed by atoms with van der Waals surface area (Å²) in [5.74, 6) is -0.153. The summed E-state index contributed by atoms with van der Waals surface area (Å²) in [4.78, 5) is 21.3. The first kappa shape index (κ1) is 20.7. The van der Waals surface area contributed by atoms with Crippen LogP contribution < -0.4 is 10.2 Å². The van der Waals surface area contributed by atoms with Crippen LogP contribution in [-0.2, 0) is 14.8 Å². The van der Waals surface area contributed by atoms with E-state index in [-0.39, 0.29) is 17.3 Å². The van der Waals surface area contributed by atoms with E-state index in [2.05, 4.69) is 20.1 Å². The molecule has 8 nitrogen and oxygen atoms in total. The van der Waals surface area contributed by atoms with Gasteiger partial charge in [-0.1, -0.05) is 6.07 Å². The number of carbonyl (C=O) groups is 1. The maximum absolute atomic E-state index is 12.4. The van der Waals surface area contributed by atoms with E-state index in [9.17, 15) is 13.2 Å². The molecule has 1 N–H and O–H groups in total. The highest BCUT2D eigenvalue weighted by Crippen LogP contribution is 2.23. The highest BCUT2D eigenvalue weighted by atomic mass is 32.2. The third kappa shape index (κ3) is 4.69. The molecule has 1 fully saturated rings. The first-order chi connectivity index (χ1) is 13.3. The van der Waals surface area contributed by atoms with E-state index >= 15 is 0 Å². The molecule has 1 aliphatic heterocycles. The minimum atomic E-state index is -3.56. The summed E-state index contributed by atoms with van der Waals surface area (Å²) in [6.07, 6.45) is 1.80. The molecule has 2 heterocycles. The Balaban J connectivity index is 1.58. The molecular formula is C18H25N5O3S2. The molecule has 1 aromatic heterocycles. The summed E-state index contributed by atoms with van der Waals surface area (Å²) in [6.45, 7) is 5.23. The molecule has 1 aromatic carbocycles. The van der Waals surface area contributed by atoms with Crippen molar-refractivity contribution in [2.75, 3.05) is 57.0 Å². The van der Waals surface area contributed by atoms with Gasteiger partial charge in [-0.3, -0.25) is 9.69 Å². The van der Waals surface area contributed by atoms with Crippen LogP contribution in [0.25, 0.3) is 0 Å². The molecule has 0 saturated carbocycles. The van der Waals surface area contributed by atoms with Crippen LogP contribution in [0, 0.1) is 6.92 Å². The van der Waals surface area contributed by atoms with Gasteiger partial charge in [0, 0.05) is 57.5 Å². The predicted octanol–water partition coefficient (Wildman–Crippen LogP) is 1.46. The Kier molecular flexibility index (Phi) is 6.33. The number of carbonyl (C=O) groups excluding carboxylic acids is 1. The van der Waals surface area contributed by atoms with Crippen LogP contribution in [0.4, 0.5) is 10.8 Å². The van der Waals surface area contributed by atoms with Crippen molar-refractivity contribution in [3.8, 4) is 0 Å². The fourth-order valence-electron chi connectivity index (χ4n) is 3.03. The van der Waals surface area contributed by atoms with Crippen molar-refractivity contribution in [1.82, 2.24) is 14.2 Å². The van der Waals surface area contributed by atoms with Crippen molar-refractivity contribution in [3.63, 3.8) is 0 Å². The predicted molar refractivity (Wildman–Crippen MR) is 111 cm³/mol. The largest absolute Gasteiger partial charge is 0.346 e. The highest BCUT2D eigenvalue weighted by molar-refractivity contribution is 7.89. The Morgan fingerprint density at radius 2 is 1.96 bits per heavy atom. The number of hydrogen-bond donors (Lipinski definition) is 1. The SMILES string of the molecule is Cc1ccc(NC(=O)CN2CCN(c3nccs3)CC2)cc1S(=O)(=O)N(C)C. The molecule has 0 atom stereocenters. The number of anilines is 2. The quantitative estimate of drug-likeness (QED) is 0.757. The maximum Gasteiger partial charge on any atom is 0.242 e. The Morgan fingerprint density at radius 3 is 2.57 bits per heavy atom. The summed E-state index contributed by atoms with van der Waals surface area (Å²) in [5.41, 5.74) is 1.13. The Hall–Kier alpha value is -2.01. The lowest BCUT2D eigenvalue weighted by Gasteiger charge is -2.34. The van der Waals surface area contributed by atoms with Crippen LogP contribution in [0.5, 0.6) is 0 Å². The fraction of sp³-hybridized carbons (Fsp3) is 0.444. The molecule has 2 aromatic rings. The summed E-state index contributed by atoms with van der Waals surface area (Å²) in [6, 6.07) is 4.95. The topological polar surface area (TPSA) is 85.9 Å². The van der Waals surface area contributed by atoms with Crippen LogP contribution >= 0.6 is 11.3 Å². The van der Waals surface area contributed by atoms with E-state index in [1.807, 2.05) is 5.38 Å². The lowest BCUT2D eigenvalue weighted by Crippen LogP contribution is -2.48. The number of thiazole rings is 1. The zero-order chi connectivity index (χ0) is 20.3.